The highest BCUT2D eigenvalue weighted by molar-refractivity contribution is 7.09. The number of aryl methyl sites for hydroxylation is 1. The van der Waals surface area contributed by atoms with Crippen LogP contribution in [0, 0.1) is 0 Å². The third-order valence-corrected chi connectivity index (χ3v) is 6.37. The fourth-order valence-corrected chi connectivity index (χ4v) is 4.86. The summed E-state index contributed by atoms with van der Waals surface area (Å²) in [6.07, 6.45) is 0.825. The average molecular weight is 385 g/mol. The summed E-state index contributed by atoms with van der Waals surface area (Å²) in [7, 11) is 0. The number of rotatable bonds is 7. The summed E-state index contributed by atoms with van der Waals surface area (Å²) < 4.78 is 2.33. The maximum Gasteiger partial charge on any atom is 0.124 e. The van der Waals surface area contributed by atoms with Gasteiger partial charge in [-0.3, -0.25) is 9.80 Å². The van der Waals surface area contributed by atoms with Gasteiger partial charge in [0.25, 0.3) is 0 Å². The van der Waals surface area contributed by atoms with Gasteiger partial charge >= 0.3 is 0 Å². The third kappa shape index (κ3) is 4.09. The Kier molecular flexibility index (Phi) is 5.88. The van der Waals surface area contributed by atoms with Crippen molar-refractivity contribution in [2.45, 2.75) is 39.0 Å². The Bertz CT molecular complexity index is 860. The molecule has 3 aromatic rings. The van der Waals surface area contributed by atoms with Crippen LogP contribution in [-0.2, 0) is 19.6 Å². The predicted molar refractivity (Wildman–Crippen MR) is 111 cm³/mol. The standard InChI is InChI=1S/C21H28N4OS/c1-2-25-20-8-4-3-7-19(20)22-21(25)16-23-10-11-24(17(14-23)9-12-26)15-18-6-5-13-27-18/h3-8,13,17,26H,2,9-12,14-16H2,1H3. The SMILES string of the molecule is CCn1c(CN2CCN(Cc3cccs3)C(CCO)C2)nc2ccccc21. The minimum absolute atomic E-state index is 0.243. The van der Waals surface area contributed by atoms with E-state index in [1.54, 1.807) is 0 Å². The highest BCUT2D eigenvalue weighted by atomic mass is 32.1. The van der Waals surface area contributed by atoms with E-state index in [0.29, 0.717) is 6.04 Å². The van der Waals surface area contributed by atoms with Crippen molar-refractivity contribution in [3.8, 4) is 0 Å². The van der Waals surface area contributed by atoms with Gasteiger partial charge in [0.15, 0.2) is 0 Å². The molecule has 0 spiro atoms. The van der Waals surface area contributed by atoms with Gasteiger partial charge in [0.2, 0.25) is 0 Å². The largest absolute Gasteiger partial charge is 0.396 e. The number of hydrogen-bond acceptors (Lipinski definition) is 5. The molecule has 2 aromatic heterocycles. The Balaban J connectivity index is 1.47. The minimum Gasteiger partial charge on any atom is -0.396 e. The molecular formula is C21H28N4OS. The van der Waals surface area contributed by atoms with Crippen molar-refractivity contribution in [2.24, 2.45) is 0 Å². The smallest absolute Gasteiger partial charge is 0.124 e. The number of imidazole rings is 1. The van der Waals surface area contributed by atoms with Crippen molar-refractivity contribution in [3.63, 3.8) is 0 Å². The summed E-state index contributed by atoms with van der Waals surface area (Å²) >= 11 is 1.82. The molecular weight excluding hydrogens is 356 g/mol. The van der Waals surface area contributed by atoms with E-state index in [-0.39, 0.29) is 6.61 Å². The highest BCUT2D eigenvalue weighted by Crippen LogP contribution is 2.22. The molecule has 1 aliphatic rings. The molecule has 1 atom stereocenters. The van der Waals surface area contributed by atoms with E-state index in [1.165, 1.54) is 10.4 Å². The molecule has 0 aliphatic carbocycles. The Hall–Kier alpha value is -1.73. The van der Waals surface area contributed by atoms with Crippen molar-refractivity contribution < 1.29 is 5.11 Å². The van der Waals surface area contributed by atoms with Crippen LogP contribution in [0.3, 0.4) is 0 Å². The first-order valence-electron chi connectivity index (χ1n) is 9.82. The Morgan fingerprint density at radius 3 is 2.81 bits per heavy atom. The van der Waals surface area contributed by atoms with E-state index in [1.807, 2.05) is 11.3 Å². The molecule has 1 aromatic carbocycles. The molecule has 3 heterocycles. The van der Waals surface area contributed by atoms with Crippen LogP contribution in [0.5, 0.6) is 0 Å². The van der Waals surface area contributed by atoms with Crippen molar-refractivity contribution in [1.29, 1.82) is 0 Å². The van der Waals surface area contributed by atoms with Crippen molar-refractivity contribution in [3.05, 3.63) is 52.5 Å². The summed E-state index contributed by atoms with van der Waals surface area (Å²) in [5, 5.41) is 11.7. The summed E-state index contributed by atoms with van der Waals surface area (Å²) in [5.74, 6) is 1.15. The summed E-state index contributed by atoms with van der Waals surface area (Å²) in [6, 6.07) is 13.1. The molecule has 1 saturated heterocycles. The molecule has 1 unspecified atom stereocenters. The van der Waals surface area contributed by atoms with E-state index in [2.05, 4.69) is 63.1 Å². The number of thiophene rings is 1. The second-order valence-electron chi connectivity index (χ2n) is 7.21. The first kappa shape index (κ1) is 18.6. The lowest BCUT2D eigenvalue weighted by Gasteiger charge is -2.41. The second-order valence-corrected chi connectivity index (χ2v) is 8.24. The Labute approximate surface area is 164 Å². The van der Waals surface area contributed by atoms with E-state index < -0.39 is 0 Å². The molecule has 0 saturated carbocycles. The van der Waals surface area contributed by atoms with Crippen LogP contribution < -0.4 is 0 Å². The van der Waals surface area contributed by atoms with Gasteiger partial charge in [-0.05, 0) is 36.9 Å². The van der Waals surface area contributed by atoms with Gasteiger partial charge in [-0.15, -0.1) is 11.3 Å². The lowest BCUT2D eigenvalue weighted by Crippen LogP contribution is -2.52. The number of aliphatic hydroxyl groups excluding tert-OH is 1. The summed E-state index contributed by atoms with van der Waals surface area (Å²) in [6.45, 7) is 8.29. The summed E-state index contributed by atoms with van der Waals surface area (Å²) in [5.41, 5.74) is 2.30. The van der Waals surface area contributed by atoms with Gasteiger partial charge in [-0.1, -0.05) is 18.2 Å². The maximum absolute atomic E-state index is 9.56. The predicted octanol–water partition coefficient (Wildman–Crippen LogP) is 3.19. The molecule has 144 valence electrons. The quantitative estimate of drug-likeness (QED) is 0.679. The van der Waals surface area contributed by atoms with Crippen molar-refractivity contribution in [2.75, 3.05) is 26.2 Å². The monoisotopic (exact) mass is 384 g/mol. The first-order valence-corrected chi connectivity index (χ1v) is 10.7. The van der Waals surface area contributed by atoms with Crippen LogP contribution in [0.1, 0.15) is 24.0 Å². The zero-order valence-corrected chi connectivity index (χ0v) is 16.7. The third-order valence-electron chi connectivity index (χ3n) is 5.51. The fourth-order valence-electron chi connectivity index (χ4n) is 4.13. The number of hydrogen-bond donors (Lipinski definition) is 1. The Morgan fingerprint density at radius 2 is 2.04 bits per heavy atom. The lowest BCUT2D eigenvalue weighted by atomic mass is 10.1. The first-order chi connectivity index (χ1) is 13.3. The molecule has 1 aliphatic heterocycles. The van der Waals surface area contributed by atoms with Gasteiger partial charge in [-0.2, -0.15) is 0 Å². The molecule has 5 nitrogen and oxygen atoms in total. The normalized spacial score (nSPS) is 19.1. The number of para-hydroxylation sites is 2. The molecule has 0 amide bonds. The molecule has 0 radical (unpaired) electrons. The summed E-state index contributed by atoms with van der Waals surface area (Å²) in [4.78, 5) is 11.3. The molecule has 27 heavy (non-hydrogen) atoms. The number of benzene rings is 1. The lowest BCUT2D eigenvalue weighted by molar-refractivity contribution is 0.0490. The number of piperazine rings is 1. The van der Waals surface area contributed by atoms with Crippen LogP contribution in [0.25, 0.3) is 11.0 Å². The zero-order chi connectivity index (χ0) is 18.6. The molecule has 4 rings (SSSR count). The van der Waals surface area contributed by atoms with Crippen LogP contribution in [0.4, 0.5) is 0 Å². The zero-order valence-electron chi connectivity index (χ0n) is 15.9. The second kappa shape index (κ2) is 8.52. The molecule has 1 N–H and O–H groups in total. The van der Waals surface area contributed by atoms with Crippen molar-refractivity contribution >= 4 is 22.4 Å². The van der Waals surface area contributed by atoms with E-state index in [0.717, 1.165) is 57.0 Å². The van der Waals surface area contributed by atoms with E-state index in [9.17, 15) is 5.11 Å². The number of aliphatic hydroxyl groups is 1. The topological polar surface area (TPSA) is 44.5 Å². The molecule has 1 fully saturated rings. The number of fused-ring (bicyclic) bond motifs is 1. The fraction of sp³-hybridized carbons (Fsp3) is 0.476. The van der Waals surface area contributed by atoms with E-state index >= 15 is 0 Å². The number of nitrogens with zero attached hydrogens (tertiary/aromatic N) is 4. The van der Waals surface area contributed by atoms with Gasteiger partial charge in [0.05, 0.1) is 17.6 Å². The number of aromatic nitrogens is 2. The average Bonchev–Trinajstić information content (AvgIpc) is 3.31. The van der Waals surface area contributed by atoms with Crippen molar-refractivity contribution in [1.82, 2.24) is 19.4 Å². The van der Waals surface area contributed by atoms with Crippen LogP contribution in [0.2, 0.25) is 0 Å². The Morgan fingerprint density at radius 1 is 1.15 bits per heavy atom. The highest BCUT2D eigenvalue weighted by Gasteiger charge is 2.27. The van der Waals surface area contributed by atoms with Crippen LogP contribution >= 0.6 is 11.3 Å². The minimum atomic E-state index is 0.243. The van der Waals surface area contributed by atoms with Gasteiger partial charge < -0.3 is 9.67 Å². The van der Waals surface area contributed by atoms with Gasteiger partial charge in [0.1, 0.15) is 5.82 Å². The molecule has 0 bridgehead atoms. The van der Waals surface area contributed by atoms with Crippen LogP contribution in [-0.4, -0.2) is 56.7 Å². The van der Waals surface area contributed by atoms with Gasteiger partial charge in [-0.25, -0.2) is 4.98 Å². The molecule has 6 heteroatoms. The van der Waals surface area contributed by atoms with Crippen LogP contribution in [0.15, 0.2) is 41.8 Å². The van der Waals surface area contributed by atoms with E-state index in [4.69, 9.17) is 4.98 Å². The maximum atomic E-state index is 9.56. The van der Waals surface area contributed by atoms with Gasteiger partial charge in [0, 0.05) is 50.2 Å².